The Balaban J connectivity index is 0.000000265. The van der Waals surface area contributed by atoms with Gasteiger partial charge in [-0.05, 0) is 48.9 Å². The smallest absolute Gasteiger partial charge is 0.460 e. The van der Waals surface area contributed by atoms with Crippen LogP contribution in [0, 0.1) is 6.92 Å². The second-order valence-electron chi connectivity index (χ2n) is 7.37. The summed E-state index contributed by atoms with van der Waals surface area (Å²) in [6, 6.07) is 30.3. The van der Waals surface area contributed by atoms with E-state index < -0.39 is 33.4 Å². The van der Waals surface area contributed by atoms with Crippen molar-refractivity contribution in [3.63, 3.8) is 0 Å². The molecule has 0 fully saturated rings. The van der Waals surface area contributed by atoms with Crippen LogP contribution >= 0.6 is 0 Å². The average molecular weight is 577 g/mol. The van der Waals surface area contributed by atoms with Gasteiger partial charge in [-0.1, -0.05) is 48.5 Å². The van der Waals surface area contributed by atoms with Crippen LogP contribution in [0.25, 0.3) is 0 Å². The molecule has 0 radical (unpaired) electrons. The molecule has 0 N–H and O–H groups in total. The SMILES string of the molecule is Cc1cccc([S+](c2ccccc2)c2ccccc2)c1.O=S(=O)([O-])C(F)(F)C(F)(F)C(F)(F)C(F)(F)F. The van der Waals surface area contributed by atoms with Gasteiger partial charge in [0, 0.05) is 0 Å². The van der Waals surface area contributed by atoms with Gasteiger partial charge in [0.1, 0.15) is 0 Å². The van der Waals surface area contributed by atoms with Crippen molar-refractivity contribution in [3.05, 3.63) is 90.5 Å². The molecule has 202 valence electrons. The first-order valence-electron chi connectivity index (χ1n) is 9.91. The van der Waals surface area contributed by atoms with Gasteiger partial charge in [0.25, 0.3) is 0 Å². The van der Waals surface area contributed by atoms with E-state index in [0.717, 1.165) is 0 Å². The largest absolute Gasteiger partial charge is 0.743 e. The van der Waals surface area contributed by atoms with Crippen molar-refractivity contribution in [2.24, 2.45) is 0 Å². The number of rotatable bonds is 6. The van der Waals surface area contributed by atoms with E-state index in [-0.39, 0.29) is 10.9 Å². The highest BCUT2D eigenvalue weighted by molar-refractivity contribution is 7.97. The first-order valence-corrected chi connectivity index (χ1v) is 12.5. The molecular weight excluding hydrogens is 559 g/mol. The van der Waals surface area contributed by atoms with Crippen LogP contribution in [0.1, 0.15) is 5.56 Å². The number of benzene rings is 3. The molecule has 37 heavy (non-hydrogen) atoms. The van der Waals surface area contributed by atoms with Gasteiger partial charge in [-0.15, -0.1) is 0 Å². The van der Waals surface area contributed by atoms with Crippen molar-refractivity contribution in [3.8, 4) is 0 Å². The molecule has 0 bridgehead atoms. The Morgan fingerprint density at radius 3 is 1.38 bits per heavy atom. The maximum absolute atomic E-state index is 12.2. The van der Waals surface area contributed by atoms with Crippen molar-refractivity contribution in [1.29, 1.82) is 0 Å². The molecular formula is C23H17F9O3S2. The third kappa shape index (κ3) is 6.41. The molecule has 3 aromatic rings. The van der Waals surface area contributed by atoms with Gasteiger partial charge in [-0.3, -0.25) is 0 Å². The lowest BCUT2D eigenvalue weighted by Crippen LogP contribution is -2.63. The molecule has 14 heteroatoms. The van der Waals surface area contributed by atoms with E-state index in [2.05, 4.69) is 91.9 Å². The summed E-state index contributed by atoms with van der Waals surface area (Å²) in [7, 11) is -7.44. The molecule has 3 rings (SSSR count). The van der Waals surface area contributed by atoms with Gasteiger partial charge in [0.2, 0.25) is 0 Å². The van der Waals surface area contributed by atoms with Crippen molar-refractivity contribution in [2.45, 2.75) is 44.9 Å². The monoisotopic (exact) mass is 576 g/mol. The van der Waals surface area contributed by atoms with Crippen molar-refractivity contribution in [1.82, 2.24) is 0 Å². The molecule has 0 saturated heterocycles. The van der Waals surface area contributed by atoms with Crippen LogP contribution in [0.15, 0.2) is 99.6 Å². The minimum atomic E-state index is -7.43. The van der Waals surface area contributed by atoms with Gasteiger partial charge in [0.15, 0.2) is 24.8 Å². The van der Waals surface area contributed by atoms with Crippen LogP contribution in [-0.4, -0.2) is 36.2 Å². The van der Waals surface area contributed by atoms with E-state index in [1.165, 1.54) is 20.2 Å². The maximum Gasteiger partial charge on any atom is 0.460 e. The predicted octanol–water partition coefficient (Wildman–Crippen LogP) is 7.05. The summed E-state index contributed by atoms with van der Waals surface area (Å²) in [5.41, 5.74) is 1.31. The Hall–Kier alpha value is -2.71. The molecule has 0 saturated carbocycles. The zero-order valence-corrected chi connectivity index (χ0v) is 20.2. The van der Waals surface area contributed by atoms with Gasteiger partial charge in [-0.2, -0.15) is 39.5 Å². The van der Waals surface area contributed by atoms with E-state index in [4.69, 9.17) is 0 Å². The Kier molecular flexibility index (Phi) is 9.03. The molecule has 3 nitrogen and oxygen atoms in total. The highest BCUT2D eigenvalue weighted by atomic mass is 32.2. The van der Waals surface area contributed by atoms with E-state index in [9.17, 15) is 52.5 Å². The van der Waals surface area contributed by atoms with E-state index >= 15 is 0 Å². The van der Waals surface area contributed by atoms with Crippen molar-refractivity contribution in [2.75, 3.05) is 0 Å². The number of hydrogen-bond donors (Lipinski definition) is 0. The molecule has 0 aliphatic heterocycles. The first-order chi connectivity index (χ1) is 16.8. The Morgan fingerprint density at radius 2 is 1.03 bits per heavy atom. The summed E-state index contributed by atoms with van der Waals surface area (Å²) in [5, 5.41) is -7.11. The molecule has 3 aromatic carbocycles. The maximum atomic E-state index is 12.2. The fraction of sp³-hybridized carbons (Fsp3) is 0.217. The van der Waals surface area contributed by atoms with Crippen molar-refractivity contribution < 1.29 is 52.5 Å². The highest BCUT2D eigenvalue weighted by Crippen LogP contribution is 2.54. The number of hydrogen-bond acceptors (Lipinski definition) is 3. The van der Waals surface area contributed by atoms with Crippen LogP contribution < -0.4 is 0 Å². The van der Waals surface area contributed by atoms with Crippen LogP contribution in [0.2, 0.25) is 0 Å². The van der Waals surface area contributed by atoms with Gasteiger partial charge in [-0.25, -0.2) is 8.42 Å². The third-order valence-corrected chi connectivity index (χ3v) is 7.71. The molecule has 0 spiro atoms. The van der Waals surface area contributed by atoms with Gasteiger partial charge >= 0.3 is 23.3 Å². The fourth-order valence-electron chi connectivity index (χ4n) is 2.78. The minimum absolute atomic E-state index is 0.0249. The standard InChI is InChI=1S/C19H17S.C4HF9O3S/c1-16-9-8-14-19(15-16)20(17-10-4-2-5-11-17)18-12-6-3-7-13-18;5-1(6,3(9,10)11)2(7,8)4(12,13)17(14,15)16/h2-15H,1H3;(H,14,15,16)/q+1;/p-1. The van der Waals surface area contributed by atoms with E-state index in [1.807, 2.05) is 0 Å². The lowest BCUT2D eigenvalue weighted by Gasteiger charge is -2.34. The second kappa shape index (κ2) is 11.0. The summed E-state index contributed by atoms with van der Waals surface area (Å²) in [6.07, 6.45) is -7.16. The Morgan fingerprint density at radius 1 is 0.622 bits per heavy atom. The molecule has 0 amide bonds. The summed E-state index contributed by atoms with van der Waals surface area (Å²) in [6.45, 7) is 2.15. The molecule has 0 aliphatic carbocycles. The van der Waals surface area contributed by atoms with E-state index in [0.29, 0.717) is 0 Å². The average Bonchev–Trinajstić information content (AvgIpc) is 2.79. The lowest BCUT2D eigenvalue weighted by atomic mass is 10.1. The first kappa shape index (κ1) is 30.5. The minimum Gasteiger partial charge on any atom is -0.743 e. The van der Waals surface area contributed by atoms with Gasteiger partial charge in [0.05, 0.1) is 10.9 Å². The quantitative estimate of drug-likeness (QED) is 0.180. The molecule has 0 aromatic heterocycles. The van der Waals surface area contributed by atoms with Gasteiger partial charge < -0.3 is 4.55 Å². The Labute approximate surface area is 209 Å². The third-order valence-electron chi connectivity index (χ3n) is 4.61. The molecule has 0 atom stereocenters. The zero-order chi connectivity index (χ0) is 28.3. The van der Waals surface area contributed by atoms with Crippen LogP contribution in [-0.2, 0) is 21.0 Å². The summed E-state index contributed by atoms with van der Waals surface area (Å²) in [5.74, 6) is -14.8. The zero-order valence-electron chi connectivity index (χ0n) is 18.5. The van der Waals surface area contributed by atoms with Crippen LogP contribution in [0.5, 0.6) is 0 Å². The topological polar surface area (TPSA) is 57.2 Å². The summed E-state index contributed by atoms with van der Waals surface area (Å²) >= 11 is 0. The number of aryl methyl sites for hydroxylation is 1. The van der Waals surface area contributed by atoms with Crippen molar-refractivity contribution >= 4 is 21.0 Å². The van der Waals surface area contributed by atoms with Crippen LogP contribution in [0.3, 0.4) is 0 Å². The summed E-state index contributed by atoms with van der Waals surface area (Å²) in [4.78, 5) is 4.11. The normalized spacial score (nSPS) is 13.2. The second-order valence-corrected chi connectivity index (χ2v) is 10.8. The fourth-order valence-corrected chi connectivity index (χ4v) is 5.42. The van der Waals surface area contributed by atoms with Crippen LogP contribution in [0.4, 0.5) is 39.5 Å². The Bertz CT molecular complexity index is 1240. The number of alkyl halides is 9. The predicted molar refractivity (Wildman–Crippen MR) is 117 cm³/mol. The summed E-state index contributed by atoms with van der Waals surface area (Å²) < 4.78 is 135. The molecule has 0 aliphatic rings. The highest BCUT2D eigenvalue weighted by Gasteiger charge is 2.83. The molecule has 0 unspecified atom stereocenters. The molecule has 0 heterocycles. The lowest BCUT2D eigenvalue weighted by molar-refractivity contribution is -0.382. The van der Waals surface area contributed by atoms with E-state index in [1.54, 1.807) is 0 Å². The number of halogens is 9.